The number of aromatic nitrogens is 4. The largest absolute Gasteiger partial charge is 0.466 e. The van der Waals surface area contributed by atoms with Gasteiger partial charge in [-0.1, -0.05) is 6.07 Å². The second-order valence-electron chi connectivity index (χ2n) is 7.82. The second-order valence-corrected chi connectivity index (χ2v) is 7.82. The number of rotatable bonds is 5. The lowest BCUT2D eigenvalue weighted by Crippen LogP contribution is -2.37. The first-order chi connectivity index (χ1) is 16.1. The van der Waals surface area contributed by atoms with Gasteiger partial charge < -0.3 is 9.30 Å². The van der Waals surface area contributed by atoms with Crippen LogP contribution in [0.25, 0.3) is 21.8 Å². The molecule has 0 saturated carbocycles. The van der Waals surface area contributed by atoms with Crippen molar-refractivity contribution in [1.29, 1.82) is 0 Å². The van der Waals surface area contributed by atoms with E-state index in [0.717, 1.165) is 5.56 Å². The van der Waals surface area contributed by atoms with Crippen LogP contribution in [0, 0.1) is 5.92 Å². The number of nitrogens with one attached hydrogen (secondary N) is 2. The van der Waals surface area contributed by atoms with Gasteiger partial charge >= 0.3 is 5.97 Å². The van der Waals surface area contributed by atoms with Crippen molar-refractivity contribution in [3.63, 3.8) is 0 Å². The summed E-state index contributed by atoms with van der Waals surface area (Å²) in [7, 11) is 0. The molecule has 4 aromatic rings. The Morgan fingerprint density at radius 1 is 1.15 bits per heavy atom. The third-order valence-electron chi connectivity index (χ3n) is 5.76. The van der Waals surface area contributed by atoms with Gasteiger partial charge in [0.2, 0.25) is 0 Å². The molecule has 0 aromatic carbocycles. The van der Waals surface area contributed by atoms with Crippen LogP contribution in [0.2, 0.25) is 0 Å². The standard InChI is InChI=1S/C23H22N6O4/c1-2-33-23(32)17-12-25-27-20(17)29-9-6-19-16(22(29)31)10-15-18(26-19)5-8-28(21(15)30)13-14-4-3-7-24-11-14/h3-11,17,20,25,27H,2,12-13H2,1H3. The van der Waals surface area contributed by atoms with Crippen LogP contribution in [-0.4, -0.2) is 38.2 Å². The highest BCUT2D eigenvalue weighted by molar-refractivity contribution is 5.91. The van der Waals surface area contributed by atoms with E-state index < -0.39 is 12.1 Å². The summed E-state index contributed by atoms with van der Waals surface area (Å²) in [6.45, 7) is 2.69. The summed E-state index contributed by atoms with van der Waals surface area (Å²) < 4.78 is 8.15. The lowest BCUT2D eigenvalue weighted by Gasteiger charge is -2.20. The molecule has 1 aliphatic heterocycles. The Kier molecular flexibility index (Phi) is 5.45. The quantitative estimate of drug-likeness (QED) is 0.343. The number of pyridine rings is 4. The minimum absolute atomic E-state index is 0.245. The van der Waals surface area contributed by atoms with Gasteiger partial charge in [0, 0.05) is 31.3 Å². The molecule has 1 aliphatic rings. The zero-order valence-corrected chi connectivity index (χ0v) is 17.9. The molecular weight excluding hydrogens is 424 g/mol. The van der Waals surface area contributed by atoms with E-state index in [1.807, 2.05) is 12.1 Å². The molecule has 10 heteroatoms. The molecule has 0 amide bonds. The zero-order valence-electron chi connectivity index (χ0n) is 17.9. The first-order valence-electron chi connectivity index (χ1n) is 10.7. The van der Waals surface area contributed by atoms with Gasteiger partial charge in [0.15, 0.2) is 0 Å². The number of ether oxygens (including phenoxy) is 1. The monoisotopic (exact) mass is 446 g/mol. The highest BCUT2D eigenvalue weighted by Crippen LogP contribution is 2.21. The Balaban J connectivity index is 1.59. The Morgan fingerprint density at radius 3 is 2.70 bits per heavy atom. The minimum Gasteiger partial charge on any atom is -0.466 e. The maximum Gasteiger partial charge on any atom is 0.313 e. The Labute approximate surface area is 187 Å². The average Bonchev–Trinajstić information content (AvgIpc) is 3.31. The fourth-order valence-electron chi connectivity index (χ4n) is 4.12. The average molecular weight is 446 g/mol. The predicted octanol–water partition coefficient (Wildman–Crippen LogP) is 0.940. The molecule has 0 aliphatic carbocycles. The highest BCUT2D eigenvalue weighted by atomic mass is 16.5. The van der Waals surface area contributed by atoms with Crippen LogP contribution in [-0.2, 0) is 16.1 Å². The van der Waals surface area contributed by atoms with E-state index in [1.165, 1.54) is 4.57 Å². The van der Waals surface area contributed by atoms with E-state index in [0.29, 0.717) is 34.9 Å². The van der Waals surface area contributed by atoms with E-state index in [2.05, 4.69) is 20.8 Å². The lowest BCUT2D eigenvalue weighted by molar-refractivity contribution is -0.148. The molecule has 0 radical (unpaired) electrons. The van der Waals surface area contributed by atoms with Crippen molar-refractivity contribution in [2.45, 2.75) is 19.6 Å². The molecule has 2 N–H and O–H groups in total. The number of hydrogen-bond acceptors (Lipinski definition) is 8. The molecule has 5 heterocycles. The molecule has 168 valence electrons. The first-order valence-corrected chi connectivity index (χ1v) is 10.7. The van der Waals surface area contributed by atoms with Crippen molar-refractivity contribution in [2.24, 2.45) is 5.92 Å². The van der Waals surface area contributed by atoms with Crippen molar-refractivity contribution in [2.75, 3.05) is 13.2 Å². The predicted molar refractivity (Wildman–Crippen MR) is 121 cm³/mol. The summed E-state index contributed by atoms with van der Waals surface area (Å²) in [5.74, 6) is -0.952. The normalized spacial score (nSPS) is 18.1. The molecule has 2 unspecified atom stereocenters. The van der Waals surface area contributed by atoms with E-state index >= 15 is 0 Å². The van der Waals surface area contributed by atoms with Gasteiger partial charge in [-0.3, -0.25) is 29.4 Å². The summed E-state index contributed by atoms with van der Waals surface area (Å²) in [4.78, 5) is 47.5. The molecule has 2 atom stereocenters. The van der Waals surface area contributed by atoms with Crippen LogP contribution < -0.4 is 22.0 Å². The van der Waals surface area contributed by atoms with Crippen molar-refractivity contribution >= 4 is 27.8 Å². The smallest absolute Gasteiger partial charge is 0.313 e. The first kappa shape index (κ1) is 21.0. The van der Waals surface area contributed by atoms with Crippen molar-refractivity contribution in [3.8, 4) is 0 Å². The fourth-order valence-corrected chi connectivity index (χ4v) is 4.12. The highest BCUT2D eigenvalue weighted by Gasteiger charge is 2.36. The molecule has 0 spiro atoms. The number of carbonyl (C=O) groups excluding carboxylic acids is 1. The molecule has 1 fully saturated rings. The lowest BCUT2D eigenvalue weighted by atomic mass is 10.1. The number of hydrogen-bond donors (Lipinski definition) is 2. The number of fused-ring (bicyclic) bond motifs is 2. The fraction of sp³-hybridized carbons (Fsp3) is 0.261. The molecule has 33 heavy (non-hydrogen) atoms. The molecule has 10 nitrogen and oxygen atoms in total. The number of carbonyl (C=O) groups is 1. The van der Waals surface area contributed by atoms with Gasteiger partial charge in [-0.05, 0) is 36.8 Å². The van der Waals surface area contributed by atoms with E-state index in [4.69, 9.17) is 4.74 Å². The summed E-state index contributed by atoms with van der Waals surface area (Å²) in [5.41, 5.74) is 7.18. The van der Waals surface area contributed by atoms with Gasteiger partial charge in [0.05, 0.1) is 35.0 Å². The topological polar surface area (TPSA) is 120 Å². The molecule has 4 aromatic heterocycles. The second kappa shape index (κ2) is 8.57. The van der Waals surface area contributed by atoms with Gasteiger partial charge in [-0.15, -0.1) is 0 Å². The van der Waals surface area contributed by atoms with Gasteiger partial charge in [-0.25, -0.2) is 10.4 Å². The SMILES string of the molecule is CCOC(=O)C1CNNC1n1ccc2nc3ccn(Cc4cccnc4)c(=O)c3cc2c1=O. The minimum atomic E-state index is -0.616. The van der Waals surface area contributed by atoms with Gasteiger partial charge in [0.1, 0.15) is 12.1 Å². The molecular formula is C23H22N6O4. The maximum atomic E-state index is 13.4. The van der Waals surface area contributed by atoms with E-state index in [1.54, 1.807) is 54.5 Å². The Bertz CT molecular complexity index is 1460. The van der Waals surface area contributed by atoms with Gasteiger partial charge in [-0.2, -0.15) is 0 Å². The van der Waals surface area contributed by atoms with E-state index in [-0.39, 0.29) is 23.7 Å². The third kappa shape index (κ3) is 3.79. The molecule has 1 saturated heterocycles. The van der Waals surface area contributed by atoms with Crippen molar-refractivity contribution in [3.05, 3.63) is 81.4 Å². The molecule has 5 rings (SSSR count). The van der Waals surface area contributed by atoms with Crippen molar-refractivity contribution in [1.82, 2.24) is 30.0 Å². The third-order valence-corrected chi connectivity index (χ3v) is 5.76. The summed E-state index contributed by atoms with van der Waals surface area (Å²) in [6.07, 6.45) is 6.06. The Morgan fingerprint density at radius 2 is 1.94 bits per heavy atom. The number of esters is 1. The summed E-state index contributed by atoms with van der Waals surface area (Å²) in [5, 5.41) is 0.653. The molecule has 0 bridgehead atoms. The van der Waals surface area contributed by atoms with Gasteiger partial charge in [0.25, 0.3) is 11.1 Å². The summed E-state index contributed by atoms with van der Waals surface area (Å²) in [6, 6.07) is 8.76. The van der Waals surface area contributed by atoms with E-state index in [9.17, 15) is 14.4 Å². The number of hydrazine groups is 1. The van der Waals surface area contributed by atoms with Crippen LogP contribution in [0.3, 0.4) is 0 Å². The van der Waals surface area contributed by atoms with Crippen LogP contribution in [0.1, 0.15) is 18.7 Å². The summed E-state index contributed by atoms with van der Waals surface area (Å²) >= 11 is 0. The maximum absolute atomic E-state index is 13.4. The van der Waals surface area contributed by atoms with Crippen LogP contribution in [0.15, 0.2) is 64.7 Å². The Hall–Kier alpha value is -3.89. The zero-order chi connectivity index (χ0) is 22.9. The van der Waals surface area contributed by atoms with Crippen LogP contribution in [0.5, 0.6) is 0 Å². The van der Waals surface area contributed by atoms with Crippen LogP contribution >= 0.6 is 0 Å². The van der Waals surface area contributed by atoms with Crippen molar-refractivity contribution < 1.29 is 9.53 Å². The van der Waals surface area contributed by atoms with Crippen LogP contribution in [0.4, 0.5) is 0 Å². The number of nitrogens with zero attached hydrogens (tertiary/aromatic N) is 4.